The lowest BCUT2D eigenvalue weighted by atomic mass is 10.2. The number of benzene rings is 2. The van der Waals surface area contributed by atoms with Crippen molar-refractivity contribution >= 4 is 46.4 Å². The average molecular weight is 508 g/mol. The Hall–Kier alpha value is -1.02. The molecule has 1 aliphatic rings. The molecule has 1 fully saturated rings. The summed E-state index contributed by atoms with van der Waals surface area (Å²) in [6.07, 6.45) is -0.471. The van der Waals surface area contributed by atoms with Crippen LogP contribution in [-0.2, 0) is 4.74 Å². The van der Waals surface area contributed by atoms with Gasteiger partial charge in [-0.3, -0.25) is 4.90 Å². The van der Waals surface area contributed by atoms with Crippen LogP contribution >= 0.6 is 40.7 Å². The summed E-state index contributed by atoms with van der Waals surface area (Å²) < 4.78 is 12.2. The molecule has 0 spiro atoms. The summed E-state index contributed by atoms with van der Waals surface area (Å²) in [4.78, 5) is 4.69. The number of para-hydroxylation sites is 1. The average Bonchev–Trinajstić information content (AvgIpc) is 2.70. The summed E-state index contributed by atoms with van der Waals surface area (Å²) in [7, 11) is 0. The highest BCUT2D eigenvalue weighted by molar-refractivity contribution is 9.10. The first kappa shape index (κ1) is 26.0. The molecule has 0 aromatic heterocycles. The van der Waals surface area contributed by atoms with Crippen LogP contribution in [0.25, 0.3) is 0 Å². The van der Waals surface area contributed by atoms with Crippen molar-refractivity contribution in [1.29, 1.82) is 0 Å². The molecule has 1 aliphatic heterocycles. The zero-order chi connectivity index (χ0) is 18.9. The molecular weight excluding hydrogens is 479 g/mol. The van der Waals surface area contributed by atoms with Gasteiger partial charge in [-0.2, -0.15) is 0 Å². The molecule has 0 radical (unpaired) electrons. The maximum Gasteiger partial charge on any atom is 0.119 e. The van der Waals surface area contributed by atoms with E-state index in [2.05, 4.69) is 50.0 Å². The van der Waals surface area contributed by atoms with E-state index in [9.17, 15) is 5.11 Å². The first-order valence-electron chi connectivity index (χ1n) is 9.37. The van der Waals surface area contributed by atoms with Crippen LogP contribution in [0.3, 0.4) is 0 Å². The van der Waals surface area contributed by atoms with Crippen LogP contribution in [-0.4, -0.2) is 68.7 Å². The fourth-order valence-electron chi connectivity index (χ4n) is 3.15. The summed E-state index contributed by atoms with van der Waals surface area (Å²) in [5.74, 6) is 0.818. The summed E-state index contributed by atoms with van der Waals surface area (Å²) in [5, 5.41) is 10.2. The van der Waals surface area contributed by atoms with Crippen LogP contribution in [0.5, 0.6) is 5.75 Å². The predicted molar refractivity (Wildman–Crippen MR) is 126 cm³/mol. The molecule has 0 saturated carbocycles. The van der Waals surface area contributed by atoms with E-state index < -0.39 is 6.10 Å². The Bertz CT molecular complexity index is 671. The molecular formula is C21H29BrCl2N2O3. The van der Waals surface area contributed by atoms with Crippen molar-refractivity contribution in [1.82, 2.24) is 4.90 Å². The van der Waals surface area contributed by atoms with Crippen molar-refractivity contribution in [3.05, 3.63) is 59.1 Å². The SMILES string of the molecule is Cl.Cl.OC(COCCOc1ccc(Br)cc1)CN1CCN(c2ccccc2)CC1. The Labute approximate surface area is 193 Å². The molecule has 2 aromatic carbocycles. The van der Waals surface area contributed by atoms with Crippen molar-refractivity contribution in [2.75, 3.05) is 57.4 Å². The Kier molecular flexibility index (Phi) is 12.6. The Morgan fingerprint density at radius 1 is 0.897 bits per heavy atom. The van der Waals surface area contributed by atoms with Gasteiger partial charge in [-0.15, -0.1) is 24.8 Å². The number of ether oxygens (including phenoxy) is 2. The largest absolute Gasteiger partial charge is 0.491 e. The molecule has 1 atom stereocenters. The van der Waals surface area contributed by atoms with E-state index in [1.807, 2.05) is 30.3 Å². The molecule has 0 aliphatic carbocycles. The van der Waals surface area contributed by atoms with Crippen molar-refractivity contribution in [2.45, 2.75) is 6.10 Å². The first-order valence-corrected chi connectivity index (χ1v) is 10.2. The molecule has 1 N–H and O–H groups in total. The van der Waals surface area contributed by atoms with E-state index in [1.54, 1.807) is 0 Å². The monoisotopic (exact) mass is 506 g/mol. The molecule has 29 heavy (non-hydrogen) atoms. The highest BCUT2D eigenvalue weighted by Crippen LogP contribution is 2.16. The molecule has 1 saturated heterocycles. The van der Waals surface area contributed by atoms with Crippen LogP contribution in [0.2, 0.25) is 0 Å². The predicted octanol–water partition coefficient (Wildman–Crippen LogP) is 3.87. The smallest absolute Gasteiger partial charge is 0.119 e. The van der Waals surface area contributed by atoms with Crippen LogP contribution in [0.4, 0.5) is 5.69 Å². The quantitative estimate of drug-likeness (QED) is 0.522. The Morgan fingerprint density at radius 3 is 2.21 bits per heavy atom. The summed E-state index contributed by atoms with van der Waals surface area (Å²) >= 11 is 3.40. The Morgan fingerprint density at radius 2 is 1.55 bits per heavy atom. The number of aliphatic hydroxyl groups is 1. The highest BCUT2D eigenvalue weighted by Gasteiger charge is 2.19. The minimum absolute atomic E-state index is 0. The molecule has 0 amide bonds. The molecule has 0 bridgehead atoms. The molecule has 162 valence electrons. The molecule has 5 nitrogen and oxygen atoms in total. The van der Waals surface area contributed by atoms with Gasteiger partial charge in [0.15, 0.2) is 0 Å². The maximum absolute atomic E-state index is 10.2. The van der Waals surface area contributed by atoms with E-state index >= 15 is 0 Å². The number of anilines is 1. The third kappa shape index (κ3) is 9.11. The van der Waals surface area contributed by atoms with Crippen LogP contribution in [0.1, 0.15) is 0 Å². The van der Waals surface area contributed by atoms with Gasteiger partial charge >= 0.3 is 0 Å². The van der Waals surface area contributed by atoms with Gasteiger partial charge < -0.3 is 19.5 Å². The number of rotatable bonds is 9. The normalized spacial score (nSPS) is 15.2. The van der Waals surface area contributed by atoms with Crippen LogP contribution in [0, 0.1) is 0 Å². The second-order valence-electron chi connectivity index (χ2n) is 6.65. The topological polar surface area (TPSA) is 45.2 Å². The standard InChI is InChI=1S/C21H27BrN2O3.2ClH/c22-18-6-8-21(9-7-18)27-15-14-26-17-20(25)16-23-10-12-24(13-11-23)19-4-2-1-3-5-19;;/h1-9,20,25H,10-17H2;2*1H. The zero-order valence-electron chi connectivity index (χ0n) is 16.3. The third-order valence-electron chi connectivity index (χ3n) is 4.58. The van der Waals surface area contributed by atoms with Crippen molar-refractivity contribution in [3.63, 3.8) is 0 Å². The van der Waals surface area contributed by atoms with Gasteiger partial charge in [-0.05, 0) is 36.4 Å². The fourth-order valence-corrected chi connectivity index (χ4v) is 3.41. The number of halogens is 3. The van der Waals surface area contributed by atoms with E-state index in [0.29, 0.717) is 26.4 Å². The number of hydrogen-bond acceptors (Lipinski definition) is 5. The van der Waals surface area contributed by atoms with Crippen molar-refractivity contribution in [3.8, 4) is 5.75 Å². The third-order valence-corrected chi connectivity index (χ3v) is 5.11. The number of piperazine rings is 1. The van der Waals surface area contributed by atoms with Gasteiger partial charge in [0.25, 0.3) is 0 Å². The van der Waals surface area contributed by atoms with Gasteiger partial charge in [-0.1, -0.05) is 34.1 Å². The summed E-state index contributed by atoms with van der Waals surface area (Å²) in [5.41, 5.74) is 1.27. The van der Waals surface area contributed by atoms with E-state index in [0.717, 1.165) is 36.4 Å². The van der Waals surface area contributed by atoms with Gasteiger partial charge in [0, 0.05) is 42.9 Å². The maximum atomic E-state index is 10.2. The number of nitrogens with zero attached hydrogens (tertiary/aromatic N) is 2. The zero-order valence-corrected chi connectivity index (χ0v) is 19.5. The van der Waals surface area contributed by atoms with E-state index in [1.165, 1.54) is 5.69 Å². The van der Waals surface area contributed by atoms with Crippen LogP contribution < -0.4 is 9.64 Å². The second-order valence-corrected chi connectivity index (χ2v) is 7.57. The van der Waals surface area contributed by atoms with Gasteiger partial charge in [0.05, 0.1) is 19.3 Å². The fraction of sp³-hybridized carbons (Fsp3) is 0.429. The molecule has 2 aromatic rings. The molecule has 1 unspecified atom stereocenters. The minimum Gasteiger partial charge on any atom is -0.491 e. The molecule has 8 heteroatoms. The summed E-state index contributed by atoms with van der Waals surface area (Å²) in [6, 6.07) is 18.2. The first-order chi connectivity index (χ1) is 13.2. The highest BCUT2D eigenvalue weighted by atomic mass is 79.9. The lowest BCUT2D eigenvalue weighted by Gasteiger charge is -2.36. The van der Waals surface area contributed by atoms with Gasteiger partial charge in [0.2, 0.25) is 0 Å². The van der Waals surface area contributed by atoms with Gasteiger partial charge in [0.1, 0.15) is 12.4 Å². The van der Waals surface area contributed by atoms with Crippen LogP contribution in [0.15, 0.2) is 59.1 Å². The van der Waals surface area contributed by atoms with Crippen molar-refractivity contribution < 1.29 is 14.6 Å². The minimum atomic E-state index is -0.471. The lowest BCUT2D eigenvalue weighted by molar-refractivity contribution is 0.00718. The number of aliphatic hydroxyl groups excluding tert-OH is 1. The number of β-amino-alcohol motifs (C(OH)–C–C–N with tert-alkyl or cyclic N) is 1. The Balaban J connectivity index is 0.00000210. The van der Waals surface area contributed by atoms with E-state index in [-0.39, 0.29) is 24.8 Å². The summed E-state index contributed by atoms with van der Waals surface area (Å²) in [6.45, 7) is 5.81. The van der Waals surface area contributed by atoms with Crippen molar-refractivity contribution in [2.24, 2.45) is 0 Å². The molecule has 3 rings (SSSR count). The van der Waals surface area contributed by atoms with E-state index in [4.69, 9.17) is 9.47 Å². The molecule has 1 heterocycles. The number of hydrogen-bond donors (Lipinski definition) is 1. The lowest BCUT2D eigenvalue weighted by Crippen LogP contribution is -2.49. The second kappa shape index (κ2) is 14.1. The van der Waals surface area contributed by atoms with Gasteiger partial charge in [-0.25, -0.2) is 0 Å².